The first-order valence-electron chi connectivity index (χ1n) is 8.49. The van der Waals surface area contributed by atoms with Crippen LogP contribution in [0.3, 0.4) is 0 Å². The number of benzene rings is 1. The second kappa shape index (κ2) is 6.91. The fourth-order valence-electron chi connectivity index (χ4n) is 3.08. The highest BCUT2D eigenvalue weighted by molar-refractivity contribution is 5.95. The number of hydrogen-bond donors (Lipinski definition) is 0. The van der Waals surface area contributed by atoms with Crippen molar-refractivity contribution in [3.8, 4) is 5.82 Å². The van der Waals surface area contributed by atoms with Crippen LogP contribution in [0.4, 0.5) is 5.82 Å². The summed E-state index contributed by atoms with van der Waals surface area (Å²) < 4.78 is 1.60. The Balaban J connectivity index is 1.45. The summed E-state index contributed by atoms with van der Waals surface area (Å²) >= 11 is 0. The Bertz CT molecular complexity index is 901. The highest BCUT2D eigenvalue weighted by Gasteiger charge is 2.24. The fourth-order valence-corrected chi connectivity index (χ4v) is 3.08. The Kier molecular flexibility index (Phi) is 4.30. The van der Waals surface area contributed by atoms with Crippen molar-refractivity contribution in [3.63, 3.8) is 0 Å². The molecule has 1 aliphatic rings. The predicted octanol–water partition coefficient (Wildman–Crippen LogP) is 1.33. The molecule has 2 aromatic heterocycles. The molecule has 3 heterocycles. The monoisotopic (exact) mass is 349 g/mol. The molecule has 132 valence electrons. The molecule has 3 aromatic rings. The van der Waals surface area contributed by atoms with E-state index in [0.29, 0.717) is 18.9 Å². The molecule has 0 bridgehead atoms. The van der Waals surface area contributed by atoms with Gasteiger partial charge < -0.3 is 9.80 Å². The first-order chi connectivity index (χ1) is 12.7. The number of nitrogens with zero attached hydrogens (tertiary/aromatic N) is 7. The molecule has 0 aliphatic carbocycles. The third-order valence-electron chi connectivity index (χ3n) is 4.56. The van der Waals surface area contributed by atoms with E-state index in [2.05, 4.69) is 25.0 Å². The van der Waals surface area contributed by atoms with Gasteiger partial charge >= 0.3 is 0 Å². The number of piperazine rings is 1. The predicted molar refractivity (Wildman–Crippen MR) is 96.2 cm³/mol. The first-order valence-corrected chi connectivity index (χ1v) is 8.49. The molecule has 0 unspecified atom stereocenters. The Morgan fingerprint density at radius 1 is 1.00 bits per heavy atom. The average Bonchev–Trinajstić information content (AvgIpc) is 3.23. The van der Waals surface area contributed by atoms with Gasteiger partial charge in [0.1, 0.15) is 24.8 Å². The summed E-state index contributed by atoms with van der Waals surface area (Å²) in [5.41, 5.74) is 1.78. The van der Waals surface area contributed by atoms with Crippen LogP contribution >= 0.6 is 0 Å². The van der Waals surface area contributed by atoms with Crippen molar-refractivity contribution in [3.05, 3.63) is 60.4 Å². The highest BCUT2D eigenvalue weighted by Crippen LogP contribution is 2.17. The Morgan fingerprint density at radius 3 is 2.50 bits per heavy atom. The van der Waals surface area contributed by atoms with Crippen molar-refractivity contribution in [2.75, 3.05) is 31.1 Å². The zero-order valence-electron chi connectivity index (χ0n) is 14.5. The van der Waals surface area contributed by atoms with E-state index in [9.17, 15) is 4.79 Å². The number of amides is 1. The lowest BCUT2D eigenvalue weighted by Gasteiger charge is -2.35. The molecule has 1 fully saturated rings. The van der Waals surface area contributed by atoms with Crippen molar-refractivity contribution >= 4 is 11.7 Å². The molecular weight excluding hydrogens is 330 g/mol. The minimum atomic E-state index is 0.0914. The SMILES string of the molecule is Cc1ccccc1C(=O)N1CCN(c2cc(-n3cncn3)ncn2)CC1. The molecular formula is C18H19N7O. The van der Waals surface area contributed by atoms with Crippen LogP contribution in [0.5, 0.6) is 0 Å². The van der Waals surface area contributed by atoms with Gasteiger partial charge in [0.25, 0.3) is 5.91 Å². The van der Waals surface area contributed by atoms with Gasteiger partial charge in [-0.1, -0.05) is 18.2 Å². The van der Waals surface area contributed by atoms with Crippen LogP contribution in [0.1, 0.15) is 15.9 Å². The molecule has 0 saturated carbocycles. The standard InChI is InChI=1S/C18H19N7O/c1-14-4-2-3-5-15(14)18(26)24-8-6-23(7-9-24)16-10-17(21-12-20-16)25-13-19-11-22-25/h2-5,10-13H,6-9H2,1H3. The van der Waals surface area contributed by atoms with Gasteiger partial charge in [-0.2, -0.15) is 5.10 Å². The molecule has 26 heavy (non-hydrogen) atoms. The third-order valence-corrected chi connectivity index (χ3v) is 4.56. The van der Waals surface area contributed by atoms with Crippen LogP contribution in [0, 0.1) is 6.92 Å². The topological polar surface area (TPSA) is 80.0 Å². The van der Waals surface area contributed by atoms with Crippen LogP contribution < -0.4 is 4.90 Å². The van der Waals surface area contributed by atoms with Gasteiger partial charge in [-0.05, 0) is 18.6 Å². The molecule has 8 nitrogen and oxygen atoms in total. The molecule has 8 heteroatoms. The maximum absolute atomic E-state index is 12.7. The molecule has 0 atom stereocenters. The second-order valence-corrected chi connectivity index (χ2v) is 6.17. The van der Waals surface area contributed by atoms with Gasteiger partial charge in [0, 0.05) is 37.8 Å². The van der Waals surface area contributed by atoms with Crippen molar-refractivity contribution in [1.82, 2.24) is 29.6 Å². The zero-order chi connectivity index (χ0) is 17.9. The van der Waals surface area contributed by atoms with Crippen LogP contribution in [0.15, 0.2) is 49.3 Å². The number of anilines is 1. The van der Waals surface area contributed by atoms with E-state index >= 15 is 0 Å². The van der Waals surface area contributed by atoms with Gasteiger partial charge in [-0.15, -0.1) is 0 Å². The average molecular weight is 349 g/mol. The normalized spacial score (nSPS) is 14.5. The molecule has 1 saturated heterocycles. The summed E-state index contributed by atoms with van der Waals surface area (Å²) in [5, 5.41) is 4.09. The fraction of sp³-hybridized carbons (Fsp3) is 0.278. The van der Waals surface area contributed by atoms with Crippen LogP contribution in [0.25, 0.3) is 5.82 Å². The van der Waals surface area contributed by atoms with E-state index in [1.54, 1.807) is 11.0 Å². The maximum Gasteiger partial charge on any atom is 0.254 e. The van der Waals surface area contributed by atoms with E-state index in [1.165, 1.54) is 12.7 Å². The summed E-state index contributed by atoms with van der Waals surface area (Å²) in [6, 6.07) is 9.59. The second-order valence-electron chi connectivity index (χ2n) is 6.17. The number of aromatic nitrogens is 5. The first kappa shape index (κ1) is 16.2. The van der Waals surface area contributed by atoms with Crippen molar-refractivity contribution in [2.45, 2.75) is 6.92 Å². The van der Waals surface area contributed by atoms with Crippen LogP contribution in [-0.4, -0.2) is 61.7 Å². The minimum absolute atomic E-state index is 0.0914. The van der Waals surface area contributed by atoms with Crippen molar-refractivity contribution < 1.29 is 4.79 Å². The lowest BCUT2D eigenvalue weighted by atomic mass is 10.1. The molecule has 0 N–H and O–H groups in total. The molecule has 0 radical (unpaired) electrons. The van der Waals surface area contributed by atoms with Gasteiger partial charge in [0.2, 0.25) is 0 Å². The highest BCUT2D eigenvalue weighted by atomic mass is 16.2. The molecule has 1 aromatic carbocycles. The van der Waals surface area contributed by atoms with E-state index < -0.39 is 0 Å². The Labute approximate surface area is 151 Å². The Hall–Kier alpha value is -3.29. The smallest absolute Gasteiger partial charge is 0.254 e. The number of aryl methyl sites for hydroxylation is 1. The van der Waals surface area contributed by atoms with Crippen LogP contribution in [0.2, 0.25) is 0 Å². The van der Waals surface area contributed by atoms with E-state index in [0.717, 1.165) is 30.0 Å². The number of rotatable bonds is 3. The summed E-state index contributed by atoms with van der Waals surface area (Å²) in [6.07, 6.45) is 4.60. The third kappa shape index (κ3) is 3.13. The molecule has 1 amide bonds. The lowest BCUT2D eigenvalue weighted by Crippen LogP contribution is -2.49. The van der Waals surface area contributed by atoms with Crippen molar-refractivity contribution in [1.29, 1.82) is 0 Å². The molecule has 1 aliphatic heterocycles. The van der Waals surface area contributed by atoms with E-state index in [4.69, 9.17) is 0 Å². The summed E-state index contributed by atoms with van der Waals surface area (Å²) in [7, 11) is 0. The summed E-state index contributed by atoms with van der Waals surface area (Å²) in [5.74, 6) is 1.59. The summed E-state index contributed by atoms with van der Waals surface area (Å²) in [6.45, 7) is 4.75. The number of hydrogen-bond acceptors (Lipinski definition) is 6. The number of carbonyl (C=O) groups is 1. The van der Waals surface area contributed by atoms with Crippen LogP contribution in [-0.2, 0) is 0 Å². The lowest BCUT2D eigenvalue weighted by molar-refractivity contribution is 0.0746. The largest absolute Gasteiger partial charge is 0.353 e. The van der Waals surface area contributed by atoms with E-state index in [-0.39, 0.29) is 5.91 Å². The van der Waals surface area contributed by atoms with Gasteiger partial charge in [0.15, 0.2) is 5.82 Å². The van der Waals surface area contributed by atoms with Gasteiger partial charge in [0.05, 0.1) is 0 Å². The summed E-state index contributed by atoms with van der Waals surface area (Å²) in [4.78, 5) is 29.3. The maximum atomic E-state index is 12.7. The Morgan fingerprint density at radius 2 is 1.77 bits per heavy atom. The molecule has 4 rings (SSSR count). The quantitative estimate of drug-likeness (QED) is 0.710. The van der Waals surface area contributed by atoms with Crippen molar-refractivity contribution in [2.24, 2.45) is 0 Å². The van der Waals surface area contributed by atoms with Gasteiger partial charge in [-0.3, -0.25) is 4.79 Å². The zero-order valence-corrected chi connectivity index (χ0v) is 14.5. The van der Waals surface area contributed by atoms with E-state index in [1.807, 2.05) is 42.2 Å². The van der Waals surface area contributed by atoms with Gasteiger partial charge in [-0.25, -0.2) is 19.6 Å². The minimum Gasteiger partial charge on any atom is -0.353 e. The molecule has 0 spiro atoms. The number of carbonyl (C=O) groups excluding carboxylic acids is 1.